The van der Waals surface area contributed by atoms with Crippen LogP contribution in [-0.2, 0) is 4.79 Å². The van der Waals surface area contributed by atoms with E-state index in [1.807, 2.05) is 0 Å². The summed E-state index contributed by atoms with van der Waals surface area (Å²) in [6.07, 6.45) is 3.14. The van der Waals surface area contributed by atoms with Crippen LogP contribution < -0.4 is 5.32 Å². The van der Waals surface area contributed by atoms with Crippen LogP contribution in [0.15, 0.2) is 0 Å². The highest BCUT2D eigenvalue weighted by molar-refractivity contribution is 6.31. The topological polar surface area (TPSA) is 49.4 Å². The summed E-state index contributed by atoms with van der Waals surface area (Å²) in [5.41, 5.74) is 0.229. The zero-order valence-electron chi connectivity index (χ0n) is 10.8. The summed E-state index contributed by atoms with van der Waals surface area (Å²) in [7, 11) is 0. The number of nitrogens with zero attached hydrogens (tertiary/aromatic N) is 1. The van der Waals surface area contributed by atoms with Crippen LogP contribution in [0.3, 0.4) is 0 Å². The zero-order chi connectivity index (χ0) is 13.1. The van der Waals surface area contributed by atoms with Crippen LogP contribution in [0.25, 0.3) is 0 Å². The lowest BCUT2D eigenvalue weighted by molar-refractivity contribution is -0.119. The van der Waals surface area contributed by atoms with Crippen molar-refractivity contribution in [1.29, 1.82) is 0 Å². The van der Waals surface area contributed by atoms with E-state index >= 15 is 0 Å². The summed E-state index contributed by atoms with van der Waals surface area (Å²) >= 11 is 5.61. The molecule has 0 spiro atoms. The maximum Gasteiger partial charge on any atom is 0.324 e. The number of nitrogens with one attached hydrogen (secondary N) is 1. The normalized spacial score (nSPS) is 20.1. The number of hydrogen-bond acceptors (Lipinski definition) is 2. The van der Waals surface area contributed by atoms with E-state index in [1.165, 1.54) is 0 Å². The minimum atomic E-state index is -0.677. The number of urea groups is 1. The number of rotatable bonds is 3. The van der Waals surface area contributed by atoms with Crippen molar-refractivity contribution in [1.82, 2.24) is 10.2 Å². The van der Waals surface area contributed by atoms with E-state index in [4.69, 9.17) is 11.6 Å². The summed E-state index contributed by atoms with van der Waals surface area (Å²) in [5.74, 6) is -0.429. The van der Waals surface area contributed by atoms with Crippen molar-refractivity contribution < 1.29 is 9.59 Å². The first kappa shape index (κ1) is 14.3. The average molecular weight is 261 g/mol. The van der Waals surface area contributed by atoms with E-state index in [9.17, 15) is 9.59 Å². The van der Waals surface area contributed by atoms with Crippen molar-refractivity contribution in [2.24, 2.45) is 5.41 Å². The van der Waals surface area contributed by atoms with E-state index in [0.717, 1.165) is 32.4 Å². The fourth-order valence-corrected chi connectivity index (χ4v) is 2.27. The summed E-state index contributed by atoms with van der Waals surface area (Å²) < 4.78 is 0. The van der Waals surface area contributed by atoms with Gasteiger partial charge in [-0.25, -0.2) is 4.79 Å². The molecule has 98 valence electrons. The Morgan fingerprint density at radius 2 is 2.00 bits per heavy atom. The first-order chi connectivity index (χ1) is 7.94. The second-order valence-corrected chi connectivity index (χ2v) is 5.44. The fourth-order valence-electron chi connectivity index (χ4n) is 2.22. The zero-order valence-corrected chi connectivity index (χ0v) is 11.5. The number of hydrogen-bond donors (Lipinski definition) is 1. The van der Waals surface area contributed by atoms with Gasteiger partial charge in [-0.15, -0.1) is 11.6 Å². The Bertz CT molecular complexity index is 301. The highest BCUT2D eigenvalue weighted by atomic mass is 35.5. The lowest BCUT2D eigenvalue weighted by Crippen LogP contribution is -2.44. The van der Waals surface area contributed by atoms with Gasteiger partial charge in [0.05, 0.1) is 0 Å². The van der Waals surface area contributed by atoms with Gasteiger partial charge < -0.3 is 4.90 Å². The summed E-state index contributed by atoms with van der Waals surface area (Å²) in [4.78, 5) is 24.8. The van der Waals surface area contributed by atoms with Crippen LogP contribution in [0, 0.1) is 5.41 Å². The predicted molar refractivity (Wildman–Crippen MR) is 68.1 cm³/mol. The van der Waals surface area contributed by atoms with Gasteiger partial charge in [-0.3, -0.25) is 10.1 Å². The van der Waals surface area contributed by atoms with Gasteiger partial charge in [0.15, 0.2) is 0 Å². The van der Waals surface area contributed by atoms with Crippen molar-refractivity contribution >= 4 is 23.5 Å². The Morgan fingerprint density at radius 1 is 1.41 bits per heavy atom. The summed E-state index contributed by atoms with van der Waals surface area (Å²) in [6, 6.07) is -0.314. The van der Waals surface area contributed by atoms with Gasteiger partial charge in [0.25, 0.3) is 0 Å². The maximum absolute atomic E-state index is 11.8. The van der Waals surface area contributed by atoms with Crippen molar-refractivity contribution in [2.45, 2.75) is 45.4 Å². The SMILES string of the molecule is CCC1(CC)CCN(C(=O)NC(=O)C(C)Cl)C1. The molecule has 1 atom stereocenters. The number of imide groups is 1. The smallest absolute Gasteiger partial charge is 0.324 e. The molecule has 3 amide bonds. The Labute approximate surface area is 108 Å². The largest absolute Gasteiger partial charge is 0.324 e. The van der Waals surface area contributed by atoms with Crippen LogP contribution in [0.5, 0.6) is 0 Å². The van der Waals surface area contributed by atoms with Crippen molar-refractivity contribution in [3.05, 3.63) is 0 Å². The second kappa shape index (κ2) is 5.71. The molecule has 1 fully saturated rings. The van der Waals surface area contributed by atoms with E-state index in [1.54, 1.807) is 11.8 Å². The molecular formula is C12H21ClN2O2. The van der Waals surface area contributed by atoms with Gasteiger partial charge in [-0.2, -0.15) is 0 Å². The molecule has 0 radical (unpaired) electrons. The maximum atomic E-state index is 11.8. The van der Waals surface area contributed by atoms with Crippen LogP contribution >= 0.6 is 11.6 Å². The van der Waals surface area contributed by atoms with Crippen LogP contribution in [-0.4, -0.2) is 35.3 Å². The fraction of sp³-hybridized carbons (Fsp3) is 0.833. The molecule has 0 aromatic rings. The van der Waals surface area contributed by atoms with Gasteiger partial charge in [0.1, 0.15) is 5.38 Å². The Hall–Kier alpha value is -0.770. The molecule has 0 aromatic heterocycles. The average Bonchev–Trinajstić information content (AvgIpc) is 2.74. The second-order valence-electron chi connectivity index (χ2n) is 4.79. The number of carbonyl (C=O) groups is 2. The molecule has 17 heavy (non-hydrogen) atoms. The number of halogens is 1. The van der Waals surface area contributed by atoms with E-state index in [2.05, 4.69) is 19.2 Å². The molecule has 1 saturated heterocycles. The molecule has 0 bridgehead atoms. The molecule has 1 unspecified atom stereocenters. The minimum absolute atomic E-state index is 0.229. The lowest BCUT2D eigenvalue weighted by atomic mass is 9.82. The number of likely N-dealkylation sites (tertiary alicyclic amines) is 1. The standard InChI is InChI=1S/C12H21ClN2O2/c1-4-12(5-2)6-7-15(8-12)11(17)14-10(16)9(3)13/h9H,4-8H2,1-3H3,(H,14,16,17). The summed E-state index contributed by atoms with van der Waals surface area (Å²) in [6.45, 7) is 7.30. The molecule has 0 saturated carbocycles. The molecule has 1 N–H and O–H groups in total. The van der Waals surface area contributed by atoms with Gasteiger partial charge in [0, 0.05) is 13.1 Å². The van der Waals surface area contributed by atoms with Gasteiger partial charge in [0.2, 0.25) is 5.91 Å². The summed E-state index contributed by atoms with van der Waals surface area (Å²) in [5, 5.41) is 1.65. The lowest BCUT2D eigenvalue weighted by Gasteiger charge is -2.26. The van der Waals surface area contributed by atoms with Crippen LogP contribution in [0.4, 0.5) is 4.79 Å². The quantitative estimate of drug-likeness (QED) is 0.792. The van der Waals surface area contributed by atoms with E-state index < -0.39 is 11.3 Å². The third kappa shape index (κ3) is 3.35. The third-order valence-electron chi connectivity index (χ3n) is 3.82. The van der Waals surface area contributed by atoms with Gasteiger partial charge in [-0.05, 0) is 31.6 Å². The Balaban J connectivity index is 2.54. The highest BCUT2D eigenvalue weighted by Gasteiger charge is 2.37. The van der Waals surface area contributed by atoms with Crippen molar-refractivity contribution in [2.75, 3.05) is 13.1 Å². The first-order valence-electron chi connectivity index (χ1n) is 6.18. The highest BCUT2D eigenvalue weighted by Crippen LogP contribution is 2.36. The molecule has 4 nitrogen and oxygen atoms in total. The van der Waals surface area contributed by atoms with E-state index in [0.29, 0.717) is 0 Å². The molecule has 5 heteroatoms. The van der Waals surface area contributed by atoms with Crippen LogP contribution in [0.2, 0.25) is 0 Å². The van der Waals surface area contributed by atoms with Gasteiger partial charge in [-0.1, -0.05) is 13.8 Å². The molecule has 0 aliphatic carbocycles. The number of carbonyl (C=O) groups excluding carboxylic acids is 2. The molecule has 1 aliphatic rings. The van der Waals surface area contributed by atoms with Crippen LogP contribution in [0.1, 0.15) is 40.0 Å². The van der Waals surface area contributed by atoms with Gasteiger partial charge >= 0.3 is 6.03 Å². The Morgan fingerprint density at radius 3 is 2.41 bits per heavy atom. The third-order valence-corrected chi connectivity index (χ3v) is 4.02. The van der Waals surface area contributed by atoms with Crippen molar-refractivity contribution in [3.8, 4) is 0 Å². The molecule has 1 heterocycles. The number of amides is 3. The Kier molecular flexibility index (Phi) is 4.80. The van der Waals surface area contributed by atoms with E-state index in [-0.39, 0.29) is 11.4 Å². The monoisotopic (exact) mass is 260 g/mol. The molecular weight excluding hydrogens is 240 g/mol. The first-order valence-corrected chi connectivity index (χ1v) is 6.61. The minimum Gasteiger partial charge on any atom is -0.324 e. The predicted octanol–water partition coefficient (Wildman–Crippen LogP) is 2.36. The molecule has 0 aromatic carbocycles. The molecule has 1 rings (SSSR count). The number of alkyl halides is 1. The van der Waals surface area contributed by atoms with Crippen molar-refractivity contribution in [3.63, 3.8) is 0 Å². The molecule has 1 aliphatic heterocycles.